The van der Waals surface area contributed by atoms with Crippen molar-refractivity contribution in [2.75, 3.05) is 49.2 Å². The molecule has 0 saturated heterocycles. The molecule has 0 saturated carbocycles. The molecule has 0 aliphatic carbocycles. The van der Waals surface area contributed by atoms with Crippen LogP contribution in [0.25, 0.3) is 22.1 Å². The van der Waals surface area contributed by atoms with Gasteiger partial charge in [0.05, 0.1) is 29.3 Å². The molecule has 0 bridgehead atoms. The van der Waals surface area contributed by atoms with E-state index in [9.17, 15) is 31.1 Å². The minimum absolute atomic E-state index is 0. The Morgan fingerprint density at radius 2 is 1.21 bits per heavy atom. The lowest BCUT2D eigenvalue weighted by Crippen LogP contribution is -2.32. The van der Waals surface area contributed by atoms with Crippen LogP contribution < -0.4 is 20.9 Å². The van der Waals surface area contributed by atoms with E-state index in [1.54, 1.807) is 12.7 Å². The van der Waals surface area contributed by atoms with Gasteiger partial charge < -0.3 is 39.5 Å². The molecule has 2 aliphatic rings. The summed E-state index contributed by atoms with van der Waals surface area (Å²) >= 11 is 0. The van der Waals surface area contributed by atoms with Crippen LogP contribution >= 0.6 is 0 Å². The van der Waals surface area contributed by atoms with Gasteiger partial charge in [0.25, 0.3) is 0 Å². The zero-order valence-corrected chi connectivity index (χ0v) is 42.1. The largest absolute Gasteiger partial charge is 0.390 e. The number of alkyl halides is 6. The molecule has 8 heterocycles. The van der Waals surface area contributed by atoms with Gasteiger partial charge in [0.1, 0.15) is 54.7 Å². The maximum absolute atomic E-state index is 12.4. The van der Waals surface area contributed by atoms with Gasteiger partial charge in [0.2, 0.25) is 0 Å². The Balaban J connectivity index is 0.000000230. The van der Waals surface area contributed by atoms with Crippen molar-refractivity contribution in [3.8, 4) is 0 Å². The number of rotatable bonds is 18. The van der Waals surface area contributed by atoms with Crippen molar-refractivity contribution in [2.45, 2.75) is 130 Å². The van der Waals surface area contributed by atoms with E-state index >= 15 is 0 Å². The molecule has 70 heavy (non-hydrogen) atoms. The van der Waals surface area contributed by atoms with E-state index in [0.717, 1.165) is 119 Å². The monoisotopic (exact) mass is 1020 g/mol. The Hall–Kier alpha value is -5.22. The SMILES string of the molecule is C.C[Si](C)(C)CCOCn1ccc2c(N3CCc4[nH]nc(C=O)c4C3)ncnc21.C[Si](C)(C)CCOCn1ccc2c(N3CCc4[nH]nc(CNCCC(F)(F)F)c4C3)ncnc21.NCCC(F)(F)F. The quantitative estimate of drug-likeness (QED) is 0.0277. The average molecular weight is 1020 g/mol. The summed E-state index contributed by atoms with van der Waals surface area (Å²) in [6.45, 7) is 19.1. The zero-order valence-electron chi connectivity index (χ0n) is 40.1. The van der Waals surface area contributed by atoms with Crippen LogP contribution in [0.1, 0.15) is 59.0 Å². The molecule has 6 aromatic rings. The molecule has 25 heteroatoms. The van der Waals surface area contributed by atoms with Crippen LogP contribution in [0.4, 0.5) is 38.0 Å². The van der Waals surface area contributed by atoms with Gasteiger partial charge in [0.15, 0.2) is 6.29 Å². The number of ether oxygens (including phenoxy) is 2. The summed E-state index contributed by atoms with van der Waals surface area (Å²) in [6, 6.07) is 6.31. The standard InChI is InChI=1S/C22H32F3N7OSi.C19H26N6O2Si.C3H6F3N.CH4/c1-34(2,3)11-10-33-15-32-8-4-16-20(27-14-28-21(16)32)31-9-5-18-17(13-31)19(30-29-18)12-26-7-6-22(23,24)25;1-28(2,3)9-8-27-13-25-6-4-14-18(20-12-21-19(14)25)24-7-5-16-15(10-24)17(11-26)23-22-16;4-3(5,6)1-2-7;/h4,8,14,26H,5-7,9-13,15H2,1-3H3,(H,29,30);4,6,11-12H,5,7-10,13H2,1-3H3,(H,22,23);1-2,7H2;1H4. The van der Waals surface area contributed by atoms with Crippen LogP contribution in [-0.2, 0) is 55.4 Å². The van der Waals surface area contributed by atoms with Crippen molar-refractivity contribution in [2.24, 2.45) is 5.73 Å². The van der Waals surface area contributed by atoms with E-state index in [1.165, 1.54) is 0 Å². The normalized spacial score (nSPS) is 14.1. The Labute approximate surface area is 406 Å². The Kier molecular flexibility index (Phi) is 19.3. The second-order valence-corrected chi connectivity index (χ2v) is 30.7. The van der Waals surface area contributed by atoms with E-state index in [0.29, 0.717) is 38.8 Å². The fourth-order valence-corrected chi connectivity index (χ4v) is 9.17. The molecule has 8 rings (SSSR count). The van der Waals surface area contributed by atoms with Crippen molar-refractivity contribution in [3.05, 3.63) is 71.1 Å². The number of aromatic amines is 2. The van der Waals surface area contributed by atoms with Crippen LogP contribution in [0.5, 0.6) is 0 Å². The molecular formula is C45H68F6N14O3Si2. The van der Waals surface area contributed by atoms with Crippen LogP contribution in [0.3, 0.4) is 0 Å². The molecule has 0 radical (unpaired) electrons. The third kappa shape index (κ3) is 15.9. The van der Waals surface area contributed by atoms with Gasteiger partial charge >= 0.3 is 12.4 Å². The Morgan fingerprint density at radius 3 is 1.67 bits per heavy atom. The van der Waals surface area contributed by atoms with Crippen molar-refractivity contribution in [1.82, 2.24) is 54.8 Å². The molecule has 5 N–H and O–H groups in total. The number of carbonyl (C=O) groups excluding carboxylic acids is 1. The molecule has 17 nitrogen and oxygen atoms in total. The number of nitrogens with zero attached hydrogens (tertiary/aromatic N) is 10. The van der Waals surface area contributed by atoms with Gasteiger partial charge in [-0.2, -0.15) is 36.5 Å². The van der Waals surface area contributed by atoms with Gasteiger partial charge in [-0.25, -0.2) is 19.9 Å². The lowest BCUT2D eigenvalue weighted by molar-refractivity contribution is -0.133. The Bertz CT molecular complexity index is 2580. The topological polar surface area (TPSA) is 199 Å². The maximum atomic E-state index is 12.4. The molecule has 0 fully saturated rings. The predicted molar refractivity (Wildman–Crippen MR) is 264 cm³/mol. The number of halogens is 6. The highest BCUT2D eigenvalue weighted by molar-refractivity contribution is 6.76. The smallest absolute Gasteiger partial charge is 0.361 e. The molecule has 0 amide bonds. The van der Waals surface area contributed by atoms with E-state index < -0.39 is 41.3 Å². The van der Waals surface area contributed by atoms with E-state index in [2.05, 4.69) is 100 Å². The second-order valence-electron chi connectivity index (χ2n) is 19.5. The van der Waals surface area contributed by atoms with Crippen LogP contribution in [-0.4, -0.2) is 124 Å². The third-order valence-corrected chi connectivity index (χ3v) is 14.9. The van der Waals surface area contributed by atoms with Crippen LogP contribution in [0.2, 0.25) is 51.4 Å². The zero-order chi connectivity index (χ0) is 50.0. The second kappa shape index (κ2) is 24.3. The summed E-state index contributed by atoms with van der Waals surface area (Å²) in [7, 11) is -2.24. The van der Waals surface area contributed by atoms with Gasteiger partial charge in [0, 0.05) is 123 Å². The average Bonchev–Trinajstić information content (AvgIpc) is 4.09. The highest BCUT2D eigenvalue weighted by Gasteiger charge is 2.29. The molecule has 0 unspecified atom stereocenters. The molecule has 2 aliphatic heterocycles. The van der Waals surface area contributed by atoms with E-state index in [1.807, 2.05) is 33.7 Å². The maximum Gasteiger partial charge on any atom is 0.390 e. The molecule has 0 spiro atoms. The molecular weight excluding hydrogens is 955 g/mol. The number of H-pyrrole nitrogens is 2. The number of nitrogens with two attached hydrogens (primary N) is 1. The highest BCUT2D eigenvalue weighted by Crippen LogP contribution is 2.31. The lowest BCUT2D eigenvalue weighted by Gasteiger charge is -2.28. The third-order valence-electron chi connectivity index (χ3n) is 11.5. The number of hydrogen-bond acceptors (Lipinski definition) is 13. The lowest BCUT2D eigenvalue weighted by atomic mass is 10.0. The molecule has 6 aromatic heterocycles. The minimum Gasteiger partial charge on any atom is -0.361 e. The van der Waals surface area contributed by atoms with Crippen molar-refractivity contribution < 1.29 is 40.6 Å². The molecule has 0 aromatic carbocycles. The summed E-state index contributed by atoms with van der Waals surface area (Å²) < 4.78 is 86.0. The molecule has 386 valence electrons. The van der Waals surface area contributed by atoms with Gasteiger partial charge in [-0.15, -0.1) is 0 Å². The number of fused-ring (bicyclic) bond motifs is 4. The molecule has 0 atom stereocenters. The number of hydrogen-bond donors (Lipinski definition) is 4. The van der Waals surface area contributed by atoms with Crippen molar-refractivity contribution in [1.29, 1.82) is 0 Å². The first-order valence-corrected chi connectivity index (χ1v) is 30.4. The first-order chi connectivity index (χ1) is 32.6. The summed E-state index contributed by atoms with van der Waals surface area (Å²) in [6.07, 6.45) is -0.458. The Morgan fingerprint density at radius 1 is 0.729 bits per heavy atom. The summed E-state index contributed by atoms with van der Waals surface area (Å²) in [5, 5.41) is 19.3. The van der Waals surface area contributed by atoms with Crippen LogP contribution in [0.15, 0.2) is 37.2 Å². The minimum atomic E-state index is -4.16. The number of aromatic nitrogens is 10. The summed E-state index contributed by atoms with van der Waals surface area (Å²) in [4.78, 5) is 33.6. The summed E-state index contributed by atoms with van der Waals surface area (Å²) in [5.74, 6) is 1.73. The van der Waals surface area contributed by atoms with Gasteiger partial charge in [-0.05, 0) is 24.2 Å². The van der Waals surface area contributed by atoms with E-state index in [4.69, 9.17) is 9.47 Å². The van der Waals surface area contributed by atoms with E-state index in [-0.39, 0.29) is 20.5 Å². The van der Waals surface area contributed by atoms with Gasteiger partial charge in [-0.3, -0.25) is 15.0 Å². The highest BCUT2D eigenvalue weighted by atomic mass is 28.3. The number of nitrogens with one attached hydrogen (secondary N) is 3. The summed E-state index contributed by atoms with van der Waals surface area (Å²) in [5.41, 5.74) is 11.6. The fraction of sp³-hybridized carbons (Fsp3) is 0.578. The number of carbonyl (C=O) groups is 1. The van der Waals surface area contributed by atoms with Gasteiger partial charge in [-0.1, -0.05) is 46.7 Å². The van der Waals surface area contributed by atoms with Crippen molar-refractivity contribution >= 4 is 56.1 Å². The first-order valence-electron chi connectivity index (χ1n) is 23.0. The fourth-order valence-electron chi connectivity index (χ4n) is 7.65. The van der Waals surface area contributed by atoms with Crippen LogP contribution in [0, 0.1) is 0 Å². The predicted octanol–water partition coefficient (Wildman–Crippen LogP) is 8.45. The number of anilines is 2. The van der Waals surface area contributed by atoms with Crippen molar-refractivity contribution in [3.63, 3.8) is 0 Å². The number of aldehydes is 1. The first kappa shape index (κ1) is 55.7.